The number of benzene rings is 1. The van der Waals surface area contributed by atoms with Gasteiger partial charge in [0.2, 0.25) is 0 Å². The molecule has 3 rings (SSSR count). The Morgan fingerprint density at radius 2 is 1.86 bits per heavy atom. The van der Waals surface area contributed by atoms with E-state index in [1.165, 1.54) is 5.56 Å². The van der Waals surface area contributed by atoms with E-state index >= 15 is 0 Å². The highest BCUT2D eigenvalue weighted by Crippen LogP contribution is 2.23. The van der Waals surface area contributed by atoms with Gasteiger partial charge >= 0.3 is 0 Å². The third-order valence-electron chi connectivity index (χ3n) is 4.32. The minimum absolute atomic E-state index is 0.173. The Hall–Kier alpha value is -1.42. The highest BCUT2D eigenvalue weighted by molar-refractivity contribution is 6.30. The molecule has 0 atom stereocenters. The van der Waals surface area contributed by atoms with Gasteiger partial charge in [-0.25, -0.2) is 0 Å². The zero-order valence-electron chi connectivity index (χ0n) is 12.6. The molecule has 1 fully saturated rings. The van der Waals surface area contributed by atoms with Crippen molar-refractivity contribution >= 4 is 17.4 Å². The number of quaternary nitrogens is 1. The number of ether oxygens (including phenoxy) is 1. The molecule has 1 aliphatic heterocycles. The topological polar surface area (TPSA) is 26.3 Å². The molecule has 0 unspecified atom stereocenters. The fourth-order valence-electron chi connectivity index (χ4n) is 3.16. The Morgan fingerprint density at radius 1 is 1.14 bits per heavy atom. The van der Waals surface area contributed by atoms with Crippen LogP contribution in [0.3, 0.4) is 0 Å². The summed E-state index contributed by atoms with van der Waals surface area (Å²) in [7, 11) is 0. The minimum atomic E-state index is 0.173. The van der Waals surface area contributed by atoms with Crippen molar-refractivity contribution in [2.45, 2.75) is 13.0 Å². The zero-order chi connectivity index (χ0) is 15.4. The number of allylic oxidation sites excluding steroid dienone is 3. The van der Waals surface area contributed by atoms with Gasteiger partial charge in [0.25, 0.3) is 0 Å². The van der Waals surface area contributed by atoms with Gasteiger partial charge in [-0.05, 0) is 29.9 Å². The lowest BCUT2D eigenvalue weighted by atomic mass is 10.0. The minimum Gasteiger partial charge on any atom is -0.370 e. The number of ketones is 1. The van der Waals surface area contributed by atoms with Gasteiger partial charge < -0.3 is 9.22 Å². The van der Waals surface area contributed by atoms with Crippen molar-refractivity contribution in [3.63, 3.8) is 0 Å². The van der Waals surface area contributed by atoms with E-state index in [1.54, 1.807) is 12.2 Å². The highest BCUT2D eigenvalue weighted by Gasteiger charge is 2.32. The first-order valence-electron chi connectivity index (χ1n) is 7.63. The van der Waals surface area contributed by atoms with Crippen molar-refractivity contribution in [3.05, 3.63) is 58.7 Å². The lowest BCUT2D eigenvalue weighted by Gasteiger charge is -2.42. The molecule has 1 aromatic carbocycles. The lowest BCUT2D eigenvalue weighted by Crippen LogP contribution is -2.55. The zero-order valence-corrected chi connectivity index (χ0v) is 13.3. The van der Waals surface area contributed by atoms with E-state index in [1.807, 2.05) is 12.1 Å². The fraction of sp³-hybridized carbons (Fsp3) is 0.389. The number of carbonyl (C=O) groups is 1. The number of hydrogen-bond donors (Lipinski definition) is 0. The van der Waals surface area contributed by atoms with Gasteiger partial charge in [-0.3, -0.25) is 4.79 Å². The molecule has 1 radical (unpaired) electrons. The van der Waals surface area contributed by atoms with Crippen LogP contribution in [0.5, 0.6) is 0 Å². The largest absolute Gasteiger partial charge is 0.370 e. The summed E-state index contributed by atoms with van der Waals surface area (Å²) in [5.74, 6) is 0.173. The summed E-state index contributed by atoms with van der Waals surface area (Å²) in [6.45, 7) is 5.26. The molecule has 0 bridgehead atoms. The first-order chi connectivity index (χ1) is 10.7. The number of nitrogens with zero attached hydrogens (tertiary/aromatic N) is 1. The molecule has 4 heteroatoms. The van der Waals surface area contributed by atoms with E-state index in [0.717, 1.165) is 54.5 Å². The van der Waals surface area contributed by atoms with Gasteiger partial charge in [0.05, 0.1) is 13.2 Å². The molecule has 0 saturated carbocycles. The molecule has 0 spiro atoms. The van der Waals surface area contributed by atoms with Gasteiger partial charge in [-0.1, -0.05) is 29.8 Å². The highest BCUT2D eigenvalue weighted by atomic mass is 35.5. The molecule has 22 heavy (non-hydrogen) atoms. The quantitative estimate of drug-likeness (QED) is 0.798. The molecular weight excluding hydrogens is 298 g/mol. The van der Waals surface area contributed by atoms with Crippen LogP contribution in [0.2, 0.25) is 5.02 Å². The van der Waals surface area contributed by atoms with E-state index in [9.17, 15) is 4.79 Å². The Morgan fingerprint density at radius 3 is 2.55 bits per heavy atom. The number of carbonyl (C=O) groups excluding carboxylic acids is 1. The molecular formula is C18H20ClNO2+. The second kappa shape index (κ2) is 6.78. The lowest BCUT2D eigenvalue weighted by molar-refractivity contribution is -0.943. The van der Waals surface area contributed by atoms with E-state index in [-0.39, 0.29) is 5.78 Å². The van der Waals surface area contributed by atoms with E-state index in [0.29, 0.717) is 6.42 Å². The Kier molecular flexibility index (Phi) is 4.77. The van der Waals surface area contributed by atoms with Crippen molar-refractivity contribution in [2.24, 2.45) is 0 Å². The maximum atomic E-state index is 11.6. The standard InChI is InChI=1S/C18H20ClNO2/c19-17-6-4-15(5-7-17)13-20(8-10-22-11-9-20)14-16-2-1-3-18(21)12-16/h1,3-7H,8-14H2/q+1. The van der Waals surface area contributed by atoms with Crippen molar-refractivity contribution < 1.29 is 14.0 Å². The number of halogens is 1. The molecule has 1 saturated heterocycles. The van der Waals surface area contributed by atoms with Crippen molar-refractivity contribution in [3.8, 4) is 0 Å². The van der Waals surface area contributed by atoms with Crippen LogP contribution in [0.15, 0.2) is 42.0 Å². The van der Waals surface area contributed by atoms with Gasteiger partial charge in [-0.2, -0.15) is 0 Å². The molecule has 0 amide bonds. The molecule has 0 N–H and O–H groups in total. The number of rotatable bonds is 4. The van der Waals surface area contributed by atoms with Crippen LogP contribution in [0.4, 0.5) is 0 Å². The summed E-state index contributed by atoms with van der Waals surface area (Å²) < 4.78 is 6.47. The average Bonchev–Trinajstić information content (AvgIpc) is 2.50. The average molecular weight is 318 g/mol. The summed E-state index contributed by atoms with van der Waals surface area (Å²) in [6.07, 6.45) is 7.11. The maximum Gasteiger partial charge on any atom is 0.159 e. The summed E-state index contributed by atoms with van der Waals surface area (Å²) in [5.41, 5.74) is 2.37. The molecule has 3 nitrogen and oxygen atoms in total. The van der Waals surface area contributed by atoms with Crippen molar-refractivity contribution in [2.75, 3.05) is 32.8 Å². The summed E-state index contributed by atoms with van der Waals surface area (Å²) in [4.78, 5) is 11.6. The normalized spacial score (nSPS) is 20.8. The van der Waals surface area contributed by atoms with Gasteiger partial charge in [0.15, 0.2) is 5.78 Å². The second-order valence-electron chi connectivity index (χ2n) is 6.07. The summed E-state index contributed by atoms with van der Waals surface area (Å²) in [5, 5.41) is 0.760. The molecule has 0 aromatic heterocycles. The SMILES string of the molecule is O=C1C=C[C]=C(C[N+]2(Cc3ccc(Cl)cc3)CCOCC2)C1. The van der Waals surface area contributed by atoms with Crippen LogP contribution in [-0.2, 0) is 16.1 Å². The van der Waals surface area contributed by atoms with Crippen molar-refractivity contribution in [1.29, 1.82) is 0 Å². The van der Waals surface area contributed by atoms with E-state index < -0.39 is 0 Å². The Balaban J connectivity index is 1.78. The van der Waals surface area contributed by atoms with Crippen LogP contribution in [-0.4, -0.2) is 43.1 Å². The number of morpholine rings is 1. The first kappa shape index (κ1) is 15.5. The molecule has 2 aliphatic rings. The van der Waals surface area contributed by atoms with E-state index in [4.69, 9.17) is 16.3 Å². The van der Waals surface area contributed by atoms with Gasteiger partial charge in [-0.15, -0.1) is 0 Å². The molecule has 115 valence electrons. The monoisotopic (exact) mass is 317 g/mol. The fourth-order valence-corrected chi connectivity index (χ4v) is 3.28. The summed E-state index contributed by atoms with van der Waals surface area (Å²) >= 11 is 5.98. The molecule has 1 aliphatic carbocycles. The Bertz CT molecular complexity index is 598. The molecule has 1 aromatic rings. The molecule has 1 heterocycles. The van der Waals surface area contributed by atoms with Crippen LogP contribution in [0.25, 0.3) is 0 Å². The van der Waals surface area contributed by atoms with E-state index in [2.05, 4.69) is 18.2 Å². The van der Waals surface area contributed by atoms with Crippen LogP contribution >= 0.6 is 11.6 Å². The predicted molar refractivity (Wildman–Crippen MR) is 86.4 cm³/mol. The van der Waals surface area contributed by atoms with Crippen LogP contribution in [0.1, 0.15) is 12.0 Å². The van der Waals surface area contributed by atoms with Gasteiger partial charge in [0, 0.05) is 17.0 Å². The van der Waals surface area contributed by atoms with Gasteiger partial charge in [0.1, 0.15) is 26.2 Å². The third kappa shape index (κ3) is 3.86. The van der Waals surface area contributed by atoms with Crippen LogP contribution in [0, 0.1) is 6.08 Å². The second-order valence-corrected chi connectivity index (χ2v) is 6.50. The Labute approximate surface area is 136 Å². The first-order valence-corrected chi connectivity index (χ1v) is 8.01. The maximum absolute atomic E-state index is 11.6. The number of hydrogen-bond acceptors (Lipinski definition) is 2. The smallest absolute Gasteiger partial charge is 0.159 e. The predicted octanol–water partition coefficient (Wildman–Crippen LogP) is 2.95. The summed E-state index contributed by atoms with van der Waals surface area (Å²) in [6, 6.07) is 8.04. The third-order valence-corrected chi connectivity index (χ3v) is 4.57. The van der Waals surface area contributed by atoms with Crippen molar-refractivity contribution in [1.82, 2.24) is 0 Å². The van der Waals surface area contributed by atoms with Crippen LogP contribution < -0.4 is 0 Å².